The quantitative estimate of drug-likeness (QED) is 0.824. The minimum atomic E-state index is -4.55. The second kappa shape index (κ2) is 7.47. The number of allylic oxidation sites excluding steroid dienone is 1. The van der Waals surface area contributed by atoms with Crippen LogP contribution in [-0.2, 0) is 4.79 Å². The van der Waals surface area contributed by atoms with Gasteiger partial charge in [0.2, 0.25) is 5.91 Å². The van der Waals surface area contributed by atoms with Crippen LogP contribution in [0.1, 0.15) is 37.7 Å². The van der Waals surface area contributed by atoms with Gasteiger partial charge in [-0.1, -0.05) is 49.6 Å². The molecule has 5 heteroatoms. The monoisotopic (exact) mass is 311 g/mol. The Labute approximate surface area is 128 Å². The van der Waals surface area contributed by atoms with Crippen LogP contribution >= 0.6 is 0 Å². The topological polar surface area (TPSA) is 29.1 Å². The maximum absolute atomic E-state index is 13.1. The van der Waals surface area contributed by atoms with E-state index in [1.165, 1.54) is 30.7 Å². The summed E-state index contributed by atoms with van der Waals surface area (Å²) in [5.41, 5.74) is -0.905. The molecule has 1 fully saturated rings. The van der Waals surface area contributed by atoms with E-state index in [0.29, 0.717) is 18.5 Å². The Morgan fingerprint density at radius 1 is 1.14 bits per heavy atom. The molecule has 0 saturated heterocycles. The van der Waals surface area contributed by atoms with E-state index in [-0.39, 0.29) is 5.56 Å². The summed E-state index contributed by atoms with van der Waals surface area (Å²) in [7, 11) is 0. The van der Waals surface area contributed by atoms with Crippen LogP contribution in [0.25, 0.3) is 5.57 Å². The fourth-order valence-corrected chi connectivity index (χ4v) is 2.76. The molecule has 1 aliphatic carbocycles. The predicted molar refractivity (Wildman–Crippen MR) is 80.1 cm³/mol. The minimum Gasteiger partial charge on any atom is -0.352 e. The molecule has 0 bridgehead atoms. The lowest BCUT2D eigenvalue weighted by Gasteiger charge is -2.21. The molecule has 22 heavy (non-hydrogen) atoms. The van der Waals surface area contributed by atoms with Crippen molar-refractivity contribution in [3.05, 3.63) is 42.0 Å². The molecule has 2 rings (SSSR count). The van der Waals surface area contributed by atoms with Crippen molar-refractivity contribution < 1.29 is 18.0 Å². The highest BCUT2D eigenvalue weighted by atomic mass is 19.4. The van der Waals surface area contributed by atoms with Crippen LogP contribution in [0.15, 0.2) is 36.4 Å². The zero-order chi connectivity index (χ0) is 16.0. The Morgan fingerprint density at radius 2 is 1.77 bits per heavy atom. The van der Waals surface area contributed by atoms with Gasteiger partial charge in [-0.2, -0.15) is 13.2 Å². The van der Waals surface area contributed by atoms with Gasteiger partial charge in [0.15, 0.2) is 0 Å². The van der Waals surface area contributed by atoms with Crippen molar-refractivity contribution in [3.8, 4) is 0 Å². The van der Waals surface area contributed by atoms with Gasteiger partial charge in [-0.15, -0.1) is 0 Å². The first-order valence-corrected chi connectivity index (χ1v) is 7.59. The Kier molecular flexibility index (Phi) is 5.63. The Bertz CT molecular complexity index is 516. The number of hydrogen-bond donors (Lipinski definition) is 1. The second-order valence-corrected chi connectivity index (χ2v) is 5.67. The first-order valence-electron chi connectivity index (χ1n) is 7.59. The minimum absolute atomic E-state index is 0.00261. The molecule has 1 aliphatic rings. The average Bonchev–Trinajstić information content (AvgIpc) is 2.51. The van der Waals surface area contributed by atoms with Gasteiger partial charge in [-0.25, -0.2) is 0 Å². The Balaban J connectivity index is 2.03. The summed E-state index contributed by atoms with van der Waals surface area (Å²) in [4.78, 5) is 11.8. The average molecular weight is 311 g/mol. The van der Waals surface area contributed by atoms with Gasteiger partial charge in [0.05, 0.1) is 5.57 Å². The van der Waals surface area contributed by atoms with Crippen molar-refractivity contribution in [2.75, 3.05) is 6.54 Å². The smallest absolute Gasteiger partial charge is 0.352 e. The molecule has 0 heterocycles. The zero-order valence-corrected chi connectivity index (χ0v) is 12.3. The number of halogens is 3. The van der Waals surface area contributed by atoms with Crippen LogP contribution in [0.3, 0.4) is 0 Å². The maximum Gasteiger partial charge on any atom is 0.417 e. The fourth-order valence-electron chi connectivity index (χ4n) is 2.76. The number of rotatable bonds is 4. The SMILES string of the molecule is O=C(/C=C(\c1ccccc1)C(F)(F)F)NCC1CCCCC1. The normalized spacial score (nSPS) is 17.3. The van der Waals surface area contributed by atoms with Crippen molar-refractivity contribution >= 4 is 11.5 Å². The molecule has 0 radical (unpaired) electrons. The van der Waals surface area contributed by atoms with E-state index < -0.39 is 17.7 Å². The van der Waals surface area contributed by atoms with Gasteiger partial charge < -0.3 is 5.32 Å². The standard InChI is InChI=1S/C17H20F3NO/c18-17(19,20)15(14-9-5-2-6-10-14)11-16(22)21-12-13-7-3-1-4-8-13/h2,5-6,9-11,13H,1,3-4,7-8,12H2,(H,21,22)/b15-11+. The van der Waals surface area contributed by atoms with Gasteiger partial charge in [0.1, 0.15) is 0 Å². The number of carbonyl (C=O) groups is 1. The van der Waals surface area contributed by atoms with Crippen molar-refractivity contribution in [2.24, 2.45) is 5.92 Å². The molecule has 120 valence electrons. The zero-order valence-electron chi connectivity index (χ0n) is 12.3. The van der Waals surface area contributed by atoms with Crippen molar-refractivity contribution in [1.29, 1.82) is 0 Å². The number of nitrogens with one attached hydrogen (secondary N) is 1. The van der Waals surface area contributed by atoms with E-state index in [2.05, 4.69) is 5.32 Å². The maximum atomic E-state index is 13.1. The highest BCUT2D eigenvalue weighted by molar-refractivity contribution is 5.96. The molecule has 1 aromatic carbocycles. The van der Waals surface area contributed by atoms with E-state index in [1.807, 2.05) is 0 Å². The highest BCUT2D eigenvalue weighted by Gasteiger charge is 2.35. The van der Waals surface area contributed by atoms with E-state index in [4.69, 9.17) is 0 Å². The molecule has 1 saturated carbocycles. The molecule has 1 aromatic rings. The molecule has 1 amide bonds. The summed E-state index contributed by atoms with van der Waals surface area (Å²) in [6, 6.07) is 7.39. The van der Waals surface area contributed by atoms with Gasteiger partial charge >= 0.3 is 6.18 Å². The van der Waals surface area contributed by atoms with Crippen molar-refractivity contribution in [3.63, 3.8) is 0 Å². The molecule has 0 aliphatic heterocycles. The summed E-state index contributed by atoms with van der Waals surface area (Å²) in [6.45, 7) is 0.454. The number of alkyl halides is 3. The van der Waals surface area contributed by atoms with Crippen LogP contribution in [0.2, 0.25) is 0 Å². The highest BCUT2D eigenvalue weighted by Crippen LogP contribution is 2.33. The van der Waals surface area contributed by atoms with Crippen LogP contribution in [-0.4, -0.2) is 18.6 Å². The molecule has 0 aromatic heterocycles. The Hall–Kier alpha value is -1.78. The van der Waals surface area contributed by atoms with E-state index >= 15 is 0 Å². The first-order chi connectivity index (χ1) is 10.5. The first kappa shape index (κ1) is 16.6. The number of amides is 1. The molecule has 0 atom stereocenters. The van der Waals surface area contributed by atoms with Crippen molar-refractivity contribution in [1.82, 2.24) is 5.32 Å². The molecule has 1 N–H and O–H groups in total. The summed E-state index contributed by atoms with van der Waals surface area (Å²) in [6.07, 6.45) is 1.66. The fraction of sp³-hybridized carbons (Fsp3) is 0.471. The predicted octanol–water partition coefficient (Wildman–Crippen LogP) is 4.33. The number of carbonyl (C=O) groups excluding carboxylic acids is 1. The third kappa shape index (κ3) is 4.90. The van der Waals surface area contributed by atoms with Crippen LogP contribution in [0.5, 0.6) is 0 Å². The summed E-state index contributed by atoms with van der Waals surface area (Å²) < 4.78 is 39.3. The largest absolute Gasteiger partial charge is 0.417 e. The van der Waals surface area contributed by atoms with Gasteiger partial charge in [-0.05, 0) is 24.3 Å². The van der Waals surface area contributed by atoms with Gasteiger partial charge in [-0.3, -0.25) is 4.79 Å². The molecular weight excluding hydrogens is 291 g/mol. The van der Waals surface area contributed by atoms with E-state index in [0.717, 1.165) is 25.7 Å². The Morgan fingerprint density at radius 3 is 2.36 bits per heavy atom. The van der Waals surface area contributed by atoms with Crippen LogP contribution < -0.4 is 5.32 Å². The van der Waals surface area contributed by atoms with E-state index in [1.54, 1.807) is 6.07 Å². The molecule has 0 spiro atoms. The van der Waals surface area contributed by atoms with Gasteiger partial charge in [0.25, 0.3) is 0 Å². The van der Waals surface area contributed by atoms with Gasteiger partial charge in [0, 0.05) is 12.6 Å². The van der Waals surface area contributed by atoms with Crippen molar-refractivity contribution in [2.45, 2.75) is 38.3 Å². The van der Waals surface area contributed by atoms with E-state index in [9.17, 15) is 18.0 Å². The summed E-state index contributed by atoms with van der Waals surface area (Å²) in [5, 5.41) is 2.61. The number of hydrogen-bond acceptors (Lipinski definition) is 1. The molecular formula is C17H20F3NO. The second-order valence-electron chi connectivity index (χ2n) is 5.67. The van der Waals surface area contributed by atoms with Crippen LogP contribution in [0.4, 0.5) is 13.2 Å². The lowest BCUT2D eigenvalue weighted by Crippen LogP contribution is -2.29. The molecule has 0 unspecified atom stereocenters. The lowest BCUT2D eigenvalue weighted by atomic mass is 9.89. The van der Waals surface area contributed by atoms with Crippen LogP contribution in [0, 0.1) is 5.92 Å². The summed E-state index contributed by atoms with van der Waals surface area (Å²) in [5.74, 6) is -0.293. The molecule has 2 nitrogen and oxygen atoms in total. The summed E-state index contributed by atoms with van der Waals surface area (Å²) >= 11 is 0. The number of benzene rings is 1. The lowest BCUT2D eigenvalue weighted by molar-refractivity contribution is -0.117. The third-order valence-electron chi connectivity index (χ3n) is 3.96. The third-order valence-corrected chi connectivity index (χ3v) is 3.96.